The summed E-state index contributed by atoms with van der Waals surface area (Å²) in [5.74, 6) is 7.18. The van der Waals surface area contributed by atoms with E-state index in [1.165, 1.54) is 24.7 Å². The Morgan fingerprint density at radius 2 is 1.28 bits per heavy atom. The molecule has 0 N–H and O–H groups in total. The predicted octanol–water partition coefficient (Wildman–Crippen LogP) is 4.95. The van der Waals surface area contributed by atoms with Gasteiger partial charge in [0.05, 0.1) is 11.2 Å². The fourth-order valence-electron chi connectivity index (χ4n) is 9.43. The molecule has 29 heavy (non-hydrogen) atoms. The molecule has 8 fully saturated rings. The van der Waals surface area contributed by atoms with Gasteiger partial charge in [-0.1, -0.05) is 24.3 Å². The molecule has 0 spiro atoms. The van der Waals surface area contributed by atoms with Crippen LogP contribution in [0.4, 0.5) is 0 Å². The molecule has 1 heterocycles. The van der Waals surface area contributed by atoms with Crippen molar-refractivity contribution in [3.8, 4) is 0 Å². The fraction of sp³-hybridized carbons (Fsp3) is 0.769. The number of hydrogen-bond acceptors (Lipinski definition) is 2. The summed E-state index contributed by atoms with van der Waals surface area (Å²) in [6.45, 7) is 8.57. The minimum absolute atomic E-state index is 0.238. The Morgan fingerprint density at radius 1 is 0.724 bits per heavy atom. The van der Waals surface area contributed by atoms with Crippen LogP contribution in [-0.2, 0) is 14.7 Å². The highest BCUT2D eigenvalue weighted by Gasteiger charge is 2.70. The molecular formula is C26H35BO2. The average molecular weight is 390 g/mol. The second kappa shape index (κ2) is 5.33. The first kappa shape index (κ1) is 17.8. The Labute approximate surface area is 176 Å². The number of benzene rings is 1. The van der Waals surface area contributed by atoms with Crippen LogP contribution in [0, 0.1) is 41.4 Å². The highest BCUT2D eigenvalue weighted by molar-refractivity contribution is 6.62. The Kier molecular flexibility index (Phi) is 3.28. The van der Waals surface area contributed by atoms with Crippen LogP contribution in [0.15, 0.2) is 24.3 Å². The normalized spacial score (nSPS) is 49.9. The van der Waals surface area contributed by atoms with Crippen LogP contribution in [0.2, 0.25) is 0 Å². The lowest BCUT2D eigenvalue weighted by Gasteiger charge is -2.74. The first-order valence-electron chi connectivity index (χ1n) is 12.2. The van der Waals surface area contributed by atoms with Crippen LogP contribution < -0.4 is 5.46 Å². The maximum absolute atomic E-state index is 6.31. The van der Waals surface area contributed by atoms with Crippen LogP contribution in [0.25, 0.3) is 0 Å². The summed E-state index contributed by atoms with van der Waals surface area (Å²) in [6, 6.07) is 9.61. The zero-order chi connectivity index (χ0) is 19.8. The Hall–Kier alpha value is -0.795. The van der Waals surface area contributed by atoms with Crippen molar-refractivity contribution in [3.05, 3.63) is 29.8 Å². The van der Waals surface area contributed by atoms with E-state index >= 15 is 0 Å². The molecule has 1 aliphatic heterocycles. The van der Waals surface area contributed by atoms with Crippen LogP contribution >= 0.6 is 0 Å². The Morgan fingerprint density at radius 3 is 1.86 bits per heavy atom. The van der Waals surface area contributed by atoms with Gasteiger partial charge < -0.3 is 9.31 Å². The van der Waals surface area contributed by atoms with Crippen LogP contribution in [0.3, 0.4) is 0 Å². The van der Waals surface area contributed by atoms with Crippen molar-refractivity contribution in [1.29, 1.82) is 0 Å². The average Bonchev–Trinajstić information content (AvgIpc) is 2.92. The molecule has 1 saturated heterocycles. The van der Waals surface area contributed by atoms with Crippen molar-refractivity contribution in [2.24, 2.45) is 41.4 Å². The highest BCUT2D eigenvalue weighted by atomic mass is 16.7. The highest BCUT2D eigenvalue weighted by Crippen LogP contribution is 2.76. The summed E-state index contributed by atoms with van der Waals surface area (Å²) in [6.07, 6.45) is 9.21. The van der Waals surface area contributed by atoms with Gasteiger partial charge >= 0.3 is 7.12 Å². The minimum Gasteiger partial charge on any atom is -0.399 e. The smallest absolute Gasteiger partial charge is 0.399 e. The van der Waals surface area contributed by atoms with Gasteiger partial charge in [0.2, 0.25) is 0 Å². The molecule has 4 atom stereocenters. The summed E-state index contributed by atoms with van der Waals surface area (Å²) in [5, 5.41) is 0. The predicted molar refractivity (Wildman–Crippen MR) is 116 cm³/mol. The van der Waals surface area contributed by atoms with Gasteiger partial charge in [0.15, 0.2) is 0 Å². The van der Waals surface area contributed by atoms with E-state index in [0.29, 0.717) is 5.41 Å². The first-order chi connectivity index (χ1) is 13.8. The van der Waals surface area contributed by atoms with Crippen LogP contribution in [-0.4, -0.2) is 18.3 Å². The van der Waals surface area contributed by atoms with Gasteiger partial charge in [0.25, 0.3) is 0 Å². The van der Waals surface area contributed by atoms with E-state index in [1.54, 1.807) is 24.8 Å². The van der Waals surface area contributed by atoms with E-state index in [-0.39, 0.29) is 18.3 Å². The molecule has 1 aromatic carbocycles. The molecule has 0 amide bonds. The van der Waals surface area contributed by atoms with Crippen molar-refractivity contribution in [1.82, 2.24) is 0 Å². The molecular weight excluding hydrogens is 355 g/mol. The Balaban J connectivity index is 1.25. The lowest BCUT2D eigenvalue weighted by molar-refractivity contribution is -0.220. The van der Waals surface area contributed by atoms with Crippen molar-refractivity contribution >= 4 is 12.6 Å². The molecule has 154 valence electrons. The van der Waals surface area contributed by atoms with E-state index in [9.17, 15) is 0 Å². The topological polar surface area (TPSA) is 18.5 Å². The van der Waals surface area contributed by atoms with Crippen LogP contribution in [0.5, 0.6) is 0 Å². The van der Waals surface area contributed by atoms with Gasteiger partial charge in [-0.05, 0) is 119 Å². The van der Waals surface area contributed by atoms with Gasteiger partial charge in [-0.3, -0.25) is 0 Å². The molecule has 1 aromatic rings. The zero-order valence-electron chi connectivity index (χ0n) is 18.5. The van der Waals surface area contributed by atoms with Gasteiger partial charge in [-0.2, -0.15) is 0 Å². The summed E-state index contributed by atoms with van der Waals surface area (Å²) in [5.41, 5.74) is 2.80. The van der Waals surface area contributed by atoms with Crippen molar-refractivity contribution in [2.75, 3.05) is 0 Å². The van der Waals surface area contributed by atoms with Crippen LogP contribution in [0.1, 0.15) is 71.8 Å². The molecule has 7 saturated carbocycles. The minimum atomic E-state index is -0.270. The van der Waals surface area contributed by atoms with E-state index in [1.807, 2.05) is 0 Å². The lowest BCUT2D eigenvalue weighted by Crippen LogP contribution is -2.69. The Bertz CT molecular complexity index is 818. The third-order valence-electron chi connectivity index (χ3n) is 11.0. The van der Waals surface area contributed by atoms with Crippen molar-refractivity contribution in [2.45, 2.75) is 82.8 Å². The van der Waals surface area contributed by atoms with Crippen molar-refractivity contribution < 1.29 is 9.31 Å². The molecule has 4 unspecified atom stereocenters. The van der Waals surface area contributed by atoms with E-state index < -0.39 is 0 Å². The van der Waals surface area contributed by atoms with E-state index in [2.05, 4.69) is 52.0 Å². The number of hydrogen-bond donors (Lipinski definition) is 0. The molecule has 8 aliphatic rings. The third-order valence-corrected chi connectivity index (χ3v) is 11.0. The maximum atomic E-state index is 6.31. The molecule has 2 nitrogen and oxygen atoms in total. The lowest BCUT2D eigenvalue weighted by atomic mass is 9.30. The molecule has 0 radical (unpaired) electrons. The van der Waals surface area contributed by atoms with Gasteiger partial charge in [0, 0.05) is 5.41 Å². The number of rotatable bonds is 2. The zero-order valence-corrected chi connectivity index (χ0v) is 18.5. The van der Waals surface area contributed by atoms with Gasteiger partial charge in [-0.25, -0.2) is 0 Å². The van der Waals surface area contributed by atoms with Gasteiger partial charge in [0.1, 0.15) is 0 Å². The third kappa shape index (κ3) is 2.08. The largest absolute Gasteiger partial charge is 0.494 e. The van der Waals surface area contributed by atoms with E-state index in [0.717, 1.165) is 41.4 Å². The molecule has 7 aliphatic carbocycles. The summed E-state index contributed by atoms with van der Waals surface area (Å²) in [7, 11) is -0.238. The van der Waals surface area contributed by atoms with E-state index in [4.69, 9.17) is 9.31 Å². The molecule has 0 aromatic heterocycles. The van der Waals surface area contributed by atoms with Gasteiger partial charge in [-0.15, -0.1) is 0 Å². The standard InChI is InChI=1S/C26H35BO2/c1-24(2)25(3,4)29-27(28-24)18-7-5-17(6-8-18)26-14-16-10-20-19-9-15(12-22(20)26)13-23(26)21(19)11-16/h5-8,15-16,19-23H,9-14H2,1-4H3. The molecule has 8 bridgehead atoms. The van der Waals surface area contributed by atoms with Crippen molar-refractivity contribution in [3.63, 3.8) is 0 Å². The first-order valence-corrected chi connectivity index (χ1v) is 12.2. The summed E-state index contributed by atoms with van der Waals surface area (Å²) < 4.78 is 12.6. The summed E-state index contributed by atoms with van der Waals surface area (Å²) >= 11 is 0. The monoisotopic (exact) mass is 390 g/mol. The molecule has 3 heteroatoms. The maximum Gasteiger partial charge on any atom is 0.494 e. The summed E-state index contributed by atoms with van der Waals surface area (Å²) in [4.78, 5) is 0. The second-order valence-corrected chi connectivity index (χ2v) is 12.6. The quantitative estimate of drug-likeness (QED) is 0.666. The molecule has 9 rings (SSSR count). The SMILES string of the molecule is CC1(C)OB(c2ccc(C34CC5CC6C7CC(CC63)CC4C7C5)cc2)OC1(C)C. The second-order valence-electron chi connectivity index (χ2n) is 12.6. The fourth-order valence-corrected chi connectivity index (χ4v) is 9.43.